The highest BCUT2D eigenvalue weighted by molar-refractivity contribution is 6.18. The lowest BCUT2D eigenvalue weighted by atomic mass is 9.97. The van der Waals surface area contributed by atoms with Crippen LogP contribution in [0, 0.1) is 0 Å². The van der Waals surface area contributed by atoms with E-state index < -0.39 is 0 Å². The highest BCUT2D eigenvalue weighted by Crippen LogP contribution is 2.48. The summed E-state index contributed by atoms with van der Waals surface area (Å²) in [4.78, 5) is 0. The third-order valence-electron chi connectivity index (χ3n) is 28.5. The summed E-state index contributed by atoms with van der Waals surface area (Å²) in [6.07, 6.45) is 0. The Kier molecular flexibility index (Phi) is 18.9. The van der Waals surface area contributed by atoms with Crippen molar-refractivity contribution in [1.29, 1.82) is 0 Å². The van der Waals surface area contributed by atoms with Crippen molar-refractivity contribution in [3.8, 4) is 123 Å². The van der Waals surface area contributed by atoms with Gasteiger partial charge in [-0.25, -0.2) is 0 Å². The Labute approximate surface area is 797 Å². The van der Waals surface area contributed by atoms with Crippen molar-refractivity contribution in [2.75, 3.05) is 0 Å². The van der Waals surface area contributed by atoms with E-state index in [0.29, 0.717) is 0 Å². The normalized spacial score (nSPS) is 11.8. The summed E-state index contributed by atoms with van der Waals surface area (Å²) < 4.78 is 14.5. The van der Waals surface area contributed by atoms with Gasteiger partial charge in [-0.2, -0.15) is 0 Å². The van der Waals surface area contributed by atoms with E-state index in [4.69, 9.17) is 0 Å². The van der Waals surface area contributed by atoms with E-state index in [0.717, 1.165) is 34.1 Å². The topological polar surface area (TPSA) is 29.6 Å². The predicted molar refractivity (Wildman–Crippen MR) is 582 cm³/mol. The fourth-order valence-corrected chi connectivity index (χ4v) is 22.1. The molecule has 0 unspecified atom stereocenters. The molecular formula is C132H86N6. The van der Waals surface area contributed by atoms with Gasteiger partial charge in [-0.05, 0) is 260 Å². The number of hydrogen-bond donors (Lipinski definition) is 0. The zero-order chi connectivity index (χ0) is 90.8. The minimum absolute atomic E-state index is 1.15. The molecule has 22 aromatic carbocycles. The Morgan fingerprint density at radius 1 is 0.0942 bits per heavy atom. The molecule has 644 valence electrons. The van der Waals surface area contributed by atoms with Crippen LogP contribution in [0.25, 0.3) is 254 Å². The van der Waals surface area contributed by atoms with Gasteiger partial charge in [0.25, 0.3) is 0 Å². The summed E-state index contributed by atoms with van der Waals surface area (Å²) in [7, 11) is 0. The number of nitrogens with zero attached hydrogens (tertiary/aromatic N) is 6. The molecule has 0 radical (unpaired) electrons. The van der Waals surface area contributed by atoms with Crippen LogP contribution < -0.4 is 0 Å². The van der Waals surface area contributed by atoms with Gasteiger partial charge in [0.05, 0.1) is 77.6 Å². The average molecular weight is 1760 g/mol. The van der Waals surface area contributed by atoms with E-state index >= 15 is 0 Å². The zero-order valence-electron chi connectivity index (χ0n) is 75.3. The first kappa shape index (κ1) is 79.4. The molecule has 0 N–H and O–H groups in total. The van der Waals surface area contributed by atoms with Crippen LogP contribution in [0.2, 0.25) is 0 Å². The van der Waals surface area contributed by atoms with E-state index in [1.54, 1.807) is 0 Å². The summed E-state index contributed by atoms with van der Waals surface area (Å²) in [6.45, 7) is 0. The maximum atomic E-state index is 2.49. The molecule has 0 amide bonds. The summed E-state index contributed by atoms with van der Waals surface area (Å²) in [5, 5.41) is 14.9. The highest BCUT2D eigenvalue weighted by Gasteiger charge is 2.25. The van der Waals surface area contributed by atoms with Crippen LogP contribution in [0.5, 0.6) is 0 Å². The Morgan fingerprint density at radius 2 is 0.261 bits per heavy atom. The molecule has 0 bridgehead atoms. The van der Waals surface area contributed by atoms with Crippen LogP contribution in [0.15, 0.2) is 522 Å². The molecule has 0 aliphatic carbocycles. The summed E-state index contributed by atoms with van der Waals surface area (Å²) in [5.41, 5.74) is 40.2. The van der Waals surface area contributed by atoms with Gasteiger partial charge in [0.2, 0.25) is 0 Å². The second-order valence-electron chi connectivity index (χ2n) is 36.2. The smallest absolute Gasteiger partial charge is 0.0541 e. The molecular weight excluding hydrogens is 1670 g/mol. The van der Waals surface area contributed by atoms with Crippen molar-refractivity contribution in [1.82, 2.24) is 27.4 Å². The zero-order valence-corrected chi connectivity index (χ0v) is 75.3. The molecule has 0 saturated heterocycles. The van der Waals surface area contributed by atoms with Gasteiger partial charge in [0.15, 0.2) is 0 Å². The third-order valence-corrected chi connectivity index (χ3v) is 28.5. The van der Waals surface area contributed by atoms with Gasteiger partial charge < -0.3 is 27.4 Å². The van der Waals surface area contributed by atoms with Crippen LogP contribution in [0.1, 0.15) is 0 Å². The summed E-state index contributed by atoms with van der Waals surface area (Å²) >= 11 is 0. The van der Waals surface area contributed by atoms with E-state index in [-0.39, 0.29) is 0 Å². The molecule has 0 fully saturated rings. The van der Waals surface area contributed by atoms with Crippen LogP contribution in [0.3, 0.4) is 0 Å². The van der Waals surface area contributed by atoms with Gasteiger partial charge in [0.1, 0.15) is 0 Å². The van der Waals surface area contributed by atoms with Crippen LogP contribution in [-0.2, 0) is 0 Å². The third kappa shape index (κ3) is 13.2. The van der Waals surface area contributed by atoms with Crippen molar-refractivity contribution in [3.05, 3.63) is 522 Å². The lowest BCUT2D eigenvalue weighted by Gasteiger charge is -2.16. The second kappa shape index (κ2) is 32.8. The fraction of sp³-hybridized carbons (Fsp3) is 0. The second-order valence-corrected chi connectivity index (χ2v) is 36.2. The van der Waals surface area contributed by atoms with Gasteiger partial charge in [-0.15, -0.1) is 0 Å². The Hall–Kier alpha value is -18.4. The minimum atomic E-state index is 1.15. The molecule has 0 saturated carbocycles. The number of aromatic nitrogens is 6. The fourth-order valence-electron chi connectivity index (χ4n) is 22.1. The maximum absolute atomic E-state index is 2.49. The lowest BCUT2D eigenvalue weighted by molar-refractivity contribution is 1.18. The van der Waals surface area contributed by atoms with Gasteiger partial charge >= 0.3 is 0 Å². The standard InChI is InChI=1S/2C66H43N3/c1-5-17-44(18-6-1)46-29-34-62(55(39-46)45-19-7-2-8-20-45)69-65-37-32-49(47-30-35-63-56(40-47)53-25-13-15-27-60(53)67(63)51-21-9-3-10-22-51)42-58(65)59-43-50(33-38-66(59)69)48-31-36-64-57(41-48)54-26-14-16-28-61(54)68(64)52-23-11-4-12-24-52;1-3-15-44(16-4-1)48-31-38-64(57(41-48)47-17-5-2-6-18-47)69-65-39-32-49(45-27-34-51(35-28-45)67-60-23-11-7-19-53(60)54-20-8-12-24-61(54)67)42-58(65)59-43-50(33-40-66(59)69)46-29-36-52(37-30-46)68-62-25-13-9-21-55(62)56-22-10-14-26-63(56)68/h2*1-43H. The summed E-state index contributed by atoms with van der Waals surface area (Å²) in [5.74, 6) is 0. The molecule has 6 nitrogen and oxygen atoms in total. The van der Waals surface area contributed by atoms with Crippen LogP contribution in [-0.4, -0.2) is 27.4 Å². The molecule has 0 aliphatic rings. The van der Waals surface area contributed by atoms with Crippen molar-refractivity contribution < 1.29 is 0 Å². The van der Waals surface area contributed by atoms with E-state index in [2.05, 4.69) is 549 Å². The number of para-hydroxylation sites is 8. The average Bonchev–Trinajstić information content (AvgIpc) is 1.56. The van der Waals surface area contributed by atoms with E-state index in [1.165, 1.54) is 220 Å². The molecule has 6 heterocycles. The van der Waals surface area contributed by atoms with Crippen LogP contribution in [0.4, 0.5) is 0 Å². The molecule has 28 aromatic rings. The molecule has 138 heavy (non-hydrogen) atoms. The molecule has 6 heteroatoms. The molecule has 6 aromatic heterocycles. The molecule has 28 rings (SSSR count). The Morgan fingerprint density at radius 3 is 0.529 bits per heavy atom. The van der Waals surface area contributed by atoms with Crippen molar-refractivity contribution >= 4 is 131 Å². The predicted octanol–water partition coefficient (Wildman–Crippen LogP) is 35.3. The minimum Gasteiger partial charge on any atom is -0.309 e. The molecule has 0 spiro atoms. The number of hydrogen-bond acceptors (Lipinski definition) is 0. The first-order chi connectivity index (χ1) is 68.5. The van der Waals surface area contributed by atoms with Gasteiger partial charge in [-0.3, -0.25) is 0 Å². The van der Waals surface area contributed by atoms with E-state index in [1.807, 2.05) is 0 Å². The maximum Gasteiger partial charge on any atom is 0.0541 e. The largest absolute Gasteiger partial charge is 0.309 e. The number of rotatable bonds is 14. The highest BCUT2D eigenvalue weighted by atomic mass is 15.0. The van der Waals surface area contributed by atoms with Crippen molar-refractivity contribution in [3.63, 3.8) is 0 Å². The Balaban J connectivity index is 0.000000139. The van der Waals surface area contributed by atoms with Crippen LogP contribution >= 0.6 is 0 Å². The van der Waals surface area contributed by atoms with Gasteiger partial charge in [-0.1, -0.05) is 340 Å². The number of fused-ring (bicyclic) bond motifs is 18. The van der Waals surface area contributed by atoms with E-state index in [9.17, 15) is 0 Å². The van der Waals surface area contributed by atoms with Crippen molar-refractivity contribution in [2.45, 2.75) is 0 Å². The number of benzene rings is 22. The summed E-state index contributed by atoms with van der Waals surface area (Å²) in [6, 6.07) is 191. The van der Waals surface area contributed by atoms with Crippen molar-refractivity contribution in [2.24, 2.45) is 0 Å². The quantitative estimate of drug-likeness (QED) is 0.104. The molecule has 0 atom stereocenters. The van der Waals surface area contributed by atoms with Gasteiger partial charge in [0, 0.05) is 98.5 Å². The lowest BCUT2D eigenvalue weighted by Crippen LogP contribution is -1.98. The Bertz CT molecular complexity index is 9120. The first-order valence-corrected chi connectivity index (χ1v) is 47.5. The molecule has 0 aliphatic heterocycles. The monoisotopic (exact) mass is 1750 g/mol. The first-order valence-electron chi connectivity index (χ1n) is 47.5. The SMILES string of the molecule is c1ccc(-c2ccc(-n3c4ccc(-c5ccc(-n6c7ccccc7c7ccccc76)cc5)cc4c4cc(-c5ccc(-n6c7ccccc7c7ccccc76)cc5)ccc43)c(-c3ccccc3)c2)cc1.c1ccc(-c2ccc(-n3c4ccc(-c5ccc6c(c5)c5ccccc5n6-c5ccccc5)cc4c4cc(-c5ccc6c(c5)c5ccccc5n6-c5ccccc5)ccc43)c(-c3ccccc3)c2)cc1.